The average Bonchev–Trinajstić information content (AvgIpc) is 2.03. The average molecular weight is 163 g/mol. The summed E-state index contributed by atoms with van der Waals surface area (Å²) >= 11 is 0. The van der Waals surface area contributed by atoms with Crippen molar-refractivity contribution in [3.63, 3.8) is 0 Å². The Labute approximate surface area is 74.6 Å². The third-order valence-corrected chi connectivity index (χ3v) is 2.44. The molecule has 2 N–H and O–H groups in total. The third-order valence-electron chi connectivity index (χ3n) is 2.44. The van der Waals surface area contributed by atoms with Crippen LogP contribution in [0.5, 0.6) is 0 Å². The Balaban J connectivity index is 2.88. The van der Waals surface area contributed by atoms with Gasteiger partial charge in [0.2, 0.25) is 0 Å². The van der Waals surface area contributed by atoms with Crippen molar-refractivity contribution in [2.45, 2.75) is 26.7 Å². The Bertz CT molecular complexity index is 253. The van der Waals surface area contributed by atoms with Crippen molar-refractivity contribution in [2.75, 3.05) is 5.73 Å². The van der Waals surface area contributed by atoms with Crippen LogP contribution < -0.4 is 5.73 Å². The minimum atomic E-state index is 0.591. The molecule has 0 radical (unpaired) electrons. The van der Waals surface area contributed by atoms with Crippen LogP contribution in [0.25, 0.3) is 0 Å². The number of nitrogens with two attached hydrogens (primary N) is 1. The van der Waals surface area contributed by atoms with Crippen molar-refractivity contribution in [1.29, 1.82) is 0 Å². The maximum absolute atomic E-state index is 5.70. The van der Waals surface area contributed by atoms with Crippen LogP contribution in [-0.2, 0) is 0 Å². The lowest BCUT2D eigenvalue weighted by Crippen LogP contribution is -2.02. The number of benzene rings is 1. The lowest BCUT2D eigenvalue weighted by molar-refractivity contribution is 0.535. The Morgan fingerprint density at radius 2 is 1.83 bits per heavy atom. The number of rotatable bonds is 2. The predicted octanol–water partition coefficient (Wildman–Crippen LogP) is 3.03. The quantitative estimate of drug-likeness (QED) is 0.666. The lowest BCUT2D eigenvalue weighted by Gasteiger charge is -2.15. The highest BCUT2D eigenvalue weighted by atomic mass is 14.5. The summed E-state index contributed by atoms with van der Waals surface area (Å²) in [7, 11) is 0. The number of hydrogen-bond donors (Lipinski definition) is 1. The SMILES string of the molecule is CC(C)[C@@H](C)c1cccc(N)c1. The molecule has 0 saturated carbocycles. The molecule has 1 atom stereocenters. The topological polar surface area (TPSA) is 26.0 Å². The lowest BCUT2D eigenvalue weighted by atomic mass is 9.90. The maximum atomic E-state index is 5.70. The highest BCUT2D eigenvalue weighted by Crippen LogP contribution is 2.24. The molecule has 1 aromatic rings. The van der Waals surface area contributed by atoms with Crippen LogP contribution in [-0.4, -0.2) is 0 Å². The number of hydrogen-bond acceptors (Lipinski definition) is 1. The molecule has 0 aliphatic heterocycles. The third kappa shape index (κ3) is 2.00. The normalized spacial score (nSPS) is 13.3. The Morgan fingerprint density at radius 3 is 2.33 bits per heavy atom. The predicted molar refractivity (Wildman–Crippen MR) is 54.1 cm³/mol. The first-order valence-corrected chi connectivity index (χ1v) is 4.46. The van der Waals surface area contributed by atoms with Crippen LogP contribution in [0.1, 0.15) is 32.3 Å². The molecule has 0 unspecified atom stereocenters. The zero-order chi connectivity index (χ0) is 9.14. The van der Waals surface area contributed by atoms with Gasteiger partial charge in [-0.2, -0.15) is 0 Å². The van der Waals surface area contributed by atoms with E-state index in [1.54, 1.807) is 0 Å². The monoisotopic (exact) mass is 163 g/mol. The highest BCUT2D eigenvalue weighted by Gasteiger charge is 2.08. The first kappa shape index (κ1) is 9.11. The van der Waals surface area contributed by atoms with E-state index >= 15 is 0 Å². The summed E-state index contributed by atoms with van der Waals surface area (Å²) in [5.74, 6) is 1.26. The van der Waals surface area contributed by atoms with E-state index in [1.807, 2.05) is 12.1 Å². The van der Waals surface area contributed by atoms with E-state index in [9.17, 15) is 0 Å². The van der Waals surface area contributed by atoms with Gasteiger partial charge in [-0.05, 0) is 29.5 Å². The van der Waals surface area contributed by atoms with Gasteiger partial charge in [-0.1, -0.05) is 32.9 Å². The largest absolute Gasteiger partial charge is 0.399 e. The van der Waals surface area contributed by atoms with Gasteiger partial charge in [0.05, 0.1) is 0 Å². The van der Waals surface area contributed by atoms with Crippen LogP contribution in [0.4, 0.5) is 5.69 Å². The molecule has 0 aromatic heterocycles. The summed E-state index contributed by atoms with van der Waals surface area (Å²) in [6.07, 6.45) is 0. The first-order chi connectivity index (χ1) is 5.61. The van der Waals surface area contributed by atoms with Crippen LogP contribution >= 0.6 is 0 Å². The molecule has 0 bridgehead atoms. The van der Waals surface area contributed by atoms with Crippen LogP contribution in [0, 0.1) is 5.92 Å². The molecule has 12 heavy (non-hydrogen) atoms. The summed E-state index contributed by atoms with van der Waals surface area (Å²) < 4.78 is 0. The zero-order valence-electron chi connectivity index (χ0n) is 8.04. The molecule has 0 aliphatic rings. The highest BCUT2D eigenvalue weighted by molar-refractivity contribution is 5.41. The van der Waals surface area contributed by atoms with Gasteiger partial charge in [0.1, 0.15) is 0 Å². The molecule has 0 aliphatic carbocycles. The fourth-order valence-electron chi connectivity index (χ4n) is 1.23. The Kier molecular flexibility index (Phi) is 2.74. The van der Waals surface area contributed by atoms with Crippen molar-refractivity contribution >= 4 is 5.69 Å². The van der Waals surface area contributed by atoms with Gasteiger partial charge >= 0.3 is 0 Å². The molecule has 0 fully saturated rings. The van der Waals surface area contributed by atoms with Gasteiger partial charge in [-0.15, -0.1) is 0 Å². The summed E-state index contributed by atoms with van der Waals surface area (Å²) in [5, 5.41) is 0. The van der Waals surface area contributed by atoms with Crippen LogP contribution in [0.2, 0.25) is 0 Å². The fourth-order valence-corrected chi connectivity index (χ4v) is 1.23. The second-order valence-electron chi connectivity index (χ2n) is 3.70. The van der Waals surface area contributed by atoms with Crippen LogP contribution in [0.15, 0.2) is 24.3 Å². The maximum Gasteiger partial charge on any atom is 0.0316 e. The molecule has 0 amide bonds. The van der Waals surface area contributed by atoms with E-state index in [0.717, 1.165) is 5.69 Å². The fraction of sp³-hybridized carbons (Fsp3) is 0.455. The Hall–Kier alpha value is -0.980. The molecule has 0 saturated heterocycles. The minimum absolute atomic E-state index is 0.591. The number of anilines is 1. The van der Waals surface area contributed by atoms with Gasteiger partial charge in [-0.3, -0.25) is 0 Å². The molecule has 1 heteroatoms. The summed E-state index contributed by atoms with van der Waals surface area (Å²) in [5.41, 5.74) is 7.90. The molecule has 66 valence electrons. The molecule has 1 aromatic carbocycles. The summed E-state index contributed by atoms with van der Waals surface area (Å²) in [4.78, 5) is 0. The van der Waals surface area contributed by atoms with Crippen molar-refractivity contribution in [1.82, 2.24) is 0 Å². The Morgan fingerprint density at radius 1 is 1.17 bits per heavy atom. The minimum Gasteiger partial charge on any atom is -0.399 e. The van der Waals surface area contributed by atoms with E-state index < -0.39 is 0 Å². The second-order valence-corrected chi connectivity index (χ2v) is 3.70. The smallest absolute Gasteiger partial charge is 0.0316 e. The molecular weight excluding hydrogens is 146 g/mol. The van der Waals surface area contributed by atoms with E-state index in [1.165, 1.54) is 5.56 Å². The zero-order valence-corrected chi connectivity index (χ0v) is 8.04. The van der Waals surface area contributed by atoms with E-state index in [0.29, 0.717) is 11.8 Å². The molecule has 0 heterocycles. The molecule has 1 rings (SSSR count). The molecule has 0 spiro atoms. The molecular formula is C11H17N. The second kappa shape index (κ2) is 3.61. The van der Waals surface area contributed by atoms with Crippen LogP contribution in [0.3, 0.4) is 0 Å². The summed E-state index contributed by atoms with van der Waals surface area (Å²) in [6.45, 7) is 6.70. The van der Waals surface area contributed by atoms with Crippen molar-refractivity contribution in [3.8, 4) is 0 Å². The molecule has 1 nitrogen and oxygen atoms in total. The van der Waals surface area contributed by atoms with Gasteiger partial charge in [0.25, 0.3) is 0 Å². The summed E-state index contributed by atoms with van der Waals surface area (Å²) in [6, 6.07) is 8.14. The van der Waals surface area contributed by atoms with Gasteiger partial charge in [-0.25, -0.2) is 0 Å². The van der Waals surface area contributed by atoms with Gasteiger partial charge in [0.15, 0.2) is 0 Å². The van der Waals surface area contributed by atoms with Crippen molar-refractivity contribution in [3.05, 3.63) is 29.8 Å². The first-order valence-electron chi connectivity index (χ1n) is 4.46. The van der Waals surface area contributed by atoms with E-state index in [-0.39, 0.29) is 0 Å². The standard InChI is InChI=1S/C11H17N/c1-8(2)9(3)10-5-4-6-11(12)7-10/h4-9H,12H2,1-3H3/t9-/m1/s1. The van der Waals surface area contributed by atoms with E-state index in [2.05, 4.69) is 32.9 Å². The van der Waals surface area contributed by atoms with E-state index in [4.69, 9.17) is 5.73 Å². The van der Waals surface area contributed by atoms with Crippen molar-refractivity contribution < 1.29 is 0 Å². The van der Waals surface area contributed by atoms with Gasteiger partial charge < -0.3 is 5.73 Å². The number of nitrogen functional groups attached to an aromatic ring is 1. The van der Waals surface area contributed by atoms with Gasteiger partial charge in [0, 0.05) is 5.69 Å². The van der Waals surface area contributed by atoms with Crippen molar-refractivity contribution in [2.24, 2.45) is 5.92 Å².